The van der Waals surface area contributed by atoms with Gasteiger partial charge < -0.3 is 81.1 Å². The molecule has 0 aliphatic rings. The largest absolute Gasteiger partial charge is 0.394 e. The molecule has 0 fully saturated rings. The van der Waals surface area contributed by atoms with Gasteiger partial charge in [0.05, 0.1) is 19.2 Å². The van der Waals surface area contributed by atoms with Crippen LogP contribution in [-0.2, 0) is 49.6 Å². The molecule has 368 valence electrons. The molecule has 66 heavy (non-hydrogen) atoms. The van der Waals surface area contributed by atoms with E-state index in [1.165, 1.54) is 13.8 Å². The molecule has 0 aliphatic heterocycles. The number of amides is 8. The van der Waals surface area contributed by atoms with Crippen LogP contribution in [0.1, 0.15) is 58.9 Å². The first kappa shape index (κ1) is 57.5. The summed E-state index contributed by atoms with van der Waals surface area (Å²) in [6.07, 6.45) is 0.638. The standard InChI is InChI=1S/C40H67N15O10S/c1-21(2)31(38(65)53-27(35(62)48-22(3)18-56)16-24-10-6-5-7-11-24)55-34(61)26(13-9-15-47-40(44)45)52-36(63)28(19-57)54-33(60)25(12-8-14-46-39(42)43)51-32(59)23(4)49-37(64)29(20-66)50-30(58)17-41/h5-7,10-11,18,21-23,25-29,31,57,66H,8-9,12-17,19-20,41H2,1-4H3,(H,48,62)(H,49,64)(H,50,58)(H,51,59)(H,52,63)(H,53,65)(H,54,60)(H,55,61)(H4,42,43,46)(H4,44,45,47)/t22-,23-,25-,26-,27-,28-,29-,31-/m0/s1. The molecule has 26 heteroatoms. The Morgan fingerprint density at radius 1 is 0.621 bits per heavy atom. The molecule has 1 rings (SSSR count). The first-order chi connectivity index (χ1) is 31.2. The highest BCUT2D eigenvalue weighted by molar-refractivity contribution is 7.80. The Kier molecular flexibility index (Phi) is 26.6. The molecule has 1 aromatic carbocycles. The smallest absolute Gasteiger partial charge is 0.245 e. The van der Waals surface area contributed by atoms with Crippen LogP contribution in [0.15, 0.2) is 40.3 Å². The summed E-state index contributed by atoms with van der Waals surface area (Å²) < 4.78 is 0. The van der Waals surface area contributed by atoms with Crippen LogP contribution in [0.2, 0.25) is 0 Å². The third-order valence-electron chi connectivity index (χ3n) is 9.48. The minimum atomic E-state index is -1.70. The topological polar surface area (TPSA) is 425 Å². The van der Waals surface area contributed by atoms with Crippen LogP contribution in [0.3, 0.4) is 0 Å². The molecule has 25 nitrogen and oxygen atoms in total. The number of hydrogen-bond acceptors (Lipinski definition) is 14. The van der Waals surface area contributed by atoms with Crippen LogP contribution in [0.4, 0.5) is 0 Å². The molecule has 0 unspecified atom stereocenters. The number of guanidine groups is 2. The van der Waals surface area contributed by atoms with Gasteiger partial charge in [-0.3, -0.25) is 48.3 Å². The highest BCUT2D eigenvalue weighted by Gasteiger charge is 2.34. The average molecular weight is 950 g/mol. The number of aliphatic hydroxyl groups excluding tert-OH is 1. The fourth-order valence-electron chi connectivity index (χ4n) is 5.88. The van der Waals surface area contributed by atoms with E-state index in [2.05, 4.69) is 65.1 Å². The molecule has 8 atom stereocenters. The van der Waals surface area contributed by atoms with Gasteiger partial charge in [-0.05, 0) is 51.0 Å². The van der Waals surface area contributed by atoms with Crippen molar-refractivity contribution in [2.45, 2.75) is 108 Å². The van der Waals surface area contributed by atoms with Gasteiger partial charge in [0, 0.05) is 25.3 Å². The number of aldehydes is 1. The molecular formula is C40H67N15O10S. The summed E-state index contributed by atoms with van der Waals surface area (Å²) in [4.78, 5) is 125. The normalized spacial score (nSPS) is 14.4. The van der Waals surface area contributed by atoms with Crippen molar-refractivity contribution in [3.05, 3.63) is 35.9 Å². The Balaban J connectivity index is 3.35. The molecule has 0 heterocycles. The third kappa shape index (κ3) is 21.9. The van der Waals surface area contributed by atoms with Crippen molar-refractivity contribution in [2.24, 2.45) is 44.6 Å². The number of nitrogens with one attached hydrogen (secondary N) is 8. The predicted octanol–water partition coefficient (Wildman–Crippen LogP) is -6.01. The summed E-state index contributed by atoms with van der Waals surface area (Å²) in [7, 11) is 0. The van der Waals surface area contributed by atoms with E-state index in [1.807, 2.05) is 0 Å². The predicted molar refractivity (Wildman–Crippen MR) is 248 cm³/mol. The fraction of sp³-hybridized carbons (Fsp3) is 0.575. The highest BCUT2D eigenvalue weighted by atomic mass is 32.1. The van der Waals surface area contributed by atoms with Crippen molar-refractivity contribution in [1.29, 1.82) is 0 Å². The van der Waals surface area contributed by atoms with Gasteiger partial charge in [0.25, 0.3) is 0 Å². The summed E-state index contributed by atoms with van der Waals surface area (Å²) in [6.45, 7) is 4.74. The Morgan fingerprint density at radius 2 is 1.09 bits per heavy atom. The highest BCUT2D eigenvalue weighted by Crippen LogP contribution is 2.10. The zero-order valence-electron chi connectivity index (χ0n) is 37.6. The average Bonchev–Trinajstić information content (AvgIpc) is 3.27. The molecule has 8 amide bonds. The van der Waals surface area contributed by atoms with Crippen LogP contribution in [-0.4, -0.2) is 151 Å². The number of nitrogens with zero attached hydrogens (tertiary/aromatic N) is 2. The number of thiol groups is 1. The number of benzene rings is 1. The molecular weight excluding hydrogens is 883 g/mol. The summed E-state index contributed by atoms with van der Waals surface area (Å²) in [5, 5.41) is 30.2. The lowest BCUT2D eigenvalue weighted by molar-refractivity contribution is -0.136. The van der Waals surface area contributed by atoms with Gasteiger partial charge in [0.1, 0.15) is 48.6 Å². The van der Waals surface area contributed by atoms with Crippen molar-refractivity contribution < 1.29 is 48.3 Å². The Bertz CT molecular complexity index is 1850. The minimum Gasteiger partial charge on any atom is -0.394 e. The number of hydrogen-bond donors (Lipinski definition) is 15. The monoisotopic (exact) mass is 949 g/mol. The van der Waals surface area contributed by atoms with Gasteiger partial charge >= 0.3 is 0 Å². The van der Waals surface area contributed by atoms with Crippen LogP contribution in [0, 0.1) is 5.92 Å². The lowest BCUT2D eigenvalue weighted by Crippen LogP contribution is -2.61. The summed E-state index contributed by atoms with van der Waals surface area (Å²) in [5.41, 5.74) is 27.7. The van der Waals surface area contributed by atoms with E-state index in [-0.39, 0.29) is 62.9 Å². The van der Waals surface area contributed by atoms with Gasteiger partial charge in [0.2, 0.25) is 47.3 Å². The molecule has 19 N–H and O–H groups in total. The molecule has 0 saturated carbocycles. The van der Waals surface area contributed by atoms with Gasteiger partial charge in [-0.15, -0.1) is 0 Å². The van der Waals surface area contributed by atoms with Crippen molar-refractivity contribution in [3.63, 3.8) is 0 Å². The van der Waals surface area contributed by atoms with Gasteiger partial charge in [-0.25, -0.2) is 0 Å². The number of rotatable bonds is 30. The van der Waals surface area contributed by atoms with E-state index < -0.39 is 115 Å². The molecule has 0 saturated heterocycles. The molecule has 0 spiro atoms. The zero-order chi connectivity index (χ0) is 49.9. The molecule has 0 aliphatic carbocycles. The number of nitrogens with two attached hydrogens (primary N) is 5. The number of carbonyl (C=O) groups is 9. The van der Waals surface area contributed by atoms with Crippen LogP contribution < -0.4 is 71.2 Å². The first-order valence-electron chi connectivity index (χ1n) is 21.1. The SMILES string of the molecule is CC(C)[C@H](NC(=O)[C@H](CCCN=C(N)N)NC(=O)[C@H](CO)NC(=O)[C@H](CCCN=C(N)N)NC(=O)[C@H](C)NC(=O)[C@H](CS)NC(=O)CN)C(=O)N[C@@H](Cc1ccccc1)C(=O)N[C@@H](C)C=O. The lowest BCUT2D eigenvalue weighted by atomic mass is 10.00. The second-order valence-electron chi connectivity index (χ2n) is 15.4. The van der Waals surface area contributed by atoms with Crippen molar-refractivity contribution in [1.82, 2.24) is 42.5 Å². The summed E-state index contributed by atoms with van der Waals surface area (Å²) in [5.74, 6) is -7.64. The first-order valence-corrected chi connectivity index (χ1v) is 21.7. The number of aliphatic imine (C=N–C) groups is 2. The van der Waals surface area contributed by atoms with E-state index in [0.717, 1.165) is 0 Å². The van der Waals surface area contributed by atoms with Crippen molar-refractivity contribution in [3.8, 4) is 0 Å². The van der Waals surface area contributed by atoms with Gasteiger partial charge in [0.15, 0.2) is 11.9 Å². The Morgan fingerprint density at radius 3 is 1.58 bits per heavy atom. The van der Waals surface area contributed by atoms with Crippen LogP contribution in [0.25, 0.3) is 0 Å². The van der Waals surface area contributed by atoms with Gasteiger partial charge in [-0.2, -0.15) is 12.6 Å². The quantitative estimate of drug-likeness (QED) is 0.0112. The zero-order valence-corrected chi connectivity index (χ0v) is 38.5. The Labute approximate surface area is 388 Å². The minimum absolute atomic E-state index is 0.0312. The van der Waals surface area contributed by atoms with Crippen LogP contribution >= 0.6 is 12.6 Å². The van der Waals surface area contributed by atoms with Crippen molar-refractivity contribution in [2.75, 3.05) is 32.0 Å². The van der Waals surface area contributed by atoms with Crippen LogP contribution in [0.5, 0.6) is 0 Å². The number of carbonyl (C=O) groups excluding carboxylic acids is 9. The molecule has 1 aromatic rings. The third-order valence-corrected chi connectivity index (χ3v) is 9.85. The fourth-order valence-corrected chi connectivity index (χ4v) is 6.13. The molecule has 0 bridgehead atoms. The van der Waals surface area contributed by atoms with E-state index >= 15 is 0 Å². The van der Waals surface area contributed by atoms with Gasteiger partial charge in [-0.1, -0.05) is 44.2 Å². The van der Waals surface area contributed by atoms with E-state index in [0.29, 0.717) is 11.8 Å². The second-order valence-corrected chi connectivity index (χ2v) is 15.8. The summed E-state index contributed by atoms with van der Waals surface area (Å²) in [6, 6.07) is -1.39. The van der Waals surface area contributed by atoms with Crippen molar-refractivity contribution >= 4 is 78.1 Å². The lowest BCUT2D eigenvalue weighted by Gasteiger charge is -2.28. The summed E-state index contributed by atoms with van der Waals surface area (Å²) >= 11 is 4.05. The van der Waals surface area contributed by atoms with E-state index in [4.69, 9.17) is 28.7 Å². The maximum Gasteiger partial charge on any atom is 0.245 e. The number of aliphatic hydroxyl groups is 1. The molecule has 0 radical (unpaired) electrons. The Hall–Kier alpha value is -6.54. The second kappa shape index (κ2) is 30.6. The maximum absolute atomic E-state index is 14.0. The maximum atomic E-state index is 14.0. The molecule has 0 aromatic heterocycles. The van der Waals surface area contributed by atoms with E-state index in [1.54, 1.807) is 44.2 Å². The van der Waals surface area contributed by atoms with E-state index in [9.17, 15) is 48.3 Å².